The SMILES string of the molecule is Fc1ccc(F)c(CC2(CBr)CC3CCC2C3)c1. The average molecular weight is 315 g/mol. The van der Waals surface area contributed by atoms with Crippen molar-refractivity contribution < 1.29 is 8.78 Å². The van der Waals surface area contributed by atoms with E-state index in [0.717, 1.165) is 11.2 Å². The summed E-state index contributed by atoms with van der Waals surface area (Å²) in [6, 6.07) is 3.81. The van der Waals surface area contributed by atoms with Crippen LogP contribution in [0, 0.1) is 28.9 Å². The van der Waals surface area contributed by atoms with E-state index in [1.807, 2.05) is 0 Å². The lowest BCUT2D eigenvalue weighted by molar-refractivity contribution is 0.195. The first-order valence-electron chi connectivity index (χ1n) is 6.63. The monoisotopic (exact) mass is 314 g/mol. The maximum Gasteiger partial charge on any atom is 0.126 e. The van der Waals surface area contributed by atoms with Crippen molar-refractivity contribution in [1.29, 1.82) is 0 Å². The quantitative estimate of drug-likeness (QED) is 0.709. The summed E-state index contributed by atoms with van der Waals surface area (Å²) < 4.78 is 27.0. The van der Waals surface area contributed by atoms with Crippen molar-refractivity contribution >= 4 is 15.9 Å². The minimum Gasteiger partial charge on any atom is -0.207 e. The molecule has 3 atom stereocenters. The Kier molecular flexibility index (Phi) is 3.21. The first-order valence-corrected chi connectivity index (χ1v) is 7.75. The van der Waals surface area contributed by atoms with Gasteiger partial charge in [0.1, 0.15) is 11.6 Å². The Bertz CT molecular complexity index is 460. The van der Waals surface area contributed by atoms with E-state index in [-0.39, 0.29) is 17.0 Å². The molecule has 3 rings (SSSR count). The number of benzene rings is 1. The molecule has 3 heteroatoms. The molecule has 0 N–H and O–H groups in total. The number of fused-ring (bicyclic) bond motifs is 2. The molecule has 2 saturated carbocycles. The summed E-state index contributed by atoms with van der Waals surface area (Å²) in [5.41, 5.74) is 0.694. The number of hydrogen-bond donors (Lipinski definition) is 0. The summed E-state index contributed by atoms with van der Waals surface area (Å²) in [5, 5.41) is 0.900. The molecule has 2 aliphatic carbocycles. The highest BCUT2D eigenvalue weighted by atomic mass is 79.9. The molecule has 98 valence electrons. The lowest BCUT2D eigenvalue weighted by Gasteiger charge is -2.36. The van der Waals surface area contributed by atoms with Gasteiger partial charge in [0.15, 0.2) is 0 Å². The van der Waals surface area contributed by atoms with Gasteiger partial charge in [0.25, 0.3) is 0 Å². The summed E-state index contributed by atoms with van der Waals surface area (Å²) in [4.78, 5) is 0. The zero-order valence-electron chi connectivity index (χ0n) is 10.3. The molecule has 0 amide bonds. The van der Waals surface area contributed by atoms with Gasteiger partial charge in [-0.05, 0) is 66.7 Å². The van der Waals surface area contributed by atoms with Crippen molar-refractivity contribution in [1.82, 2.24) is 0 Å². The van der Waals surface area contributed by atoms with Gasteiger partial charge in [0.2, 0.25) is 0 Å². The van der Waals surface area contributed by atoms with Crippen molar-refractivity contribution in [3.05, 3.63) is 35.4 Å². The molecule has 3 unspecified atom stereocenters. The van der Waals surface area contributed by atoms with Crippen LogP contribution in [0.25, 0.3) is 0 Å². The van der Waals surface area contributed by atoms with Gasteiger partial charge in [0.05, 0.1) is 0 Å². The number of hydrogen-bond acceptors (Lipinski definition) is 0. The third-order valence-corrected chi connectivity index (χ3v) is 6.04. The molecule has 0 aromatic heterocycles. The van der Waals surface area contributed by atoms with Crippen LogP contribution in [0.15, 0.2) is 18.2 Å². The van der Waals surface area contributed by atoms with Gasteiger partial charge in [0, 0.05) is 5.33 Å². The minimum atomic E-state index is -0.334. The van der Waals surface area contributed by atoms with Crippen molar-refractivity contribution in [2.45, 2.75) is 32.1 Å². The van der Waals surface area contributed by atoms with Crippen molar-refractivity contribution in [2.75, 3.05) is 5.33 Å². The largest absolute Gasteiger partial charge is 0.207 e. The molecule has 2 fully saturated rings. The number of alkyl halides is 1. The molecule has 0 heterocycles. The fraction of sp³-hybridized carbons (Fsp3) is 0.600. The summed E-state index contributed by atoms with van der Waals surface area (Å²) in [6.45, 7) is 0. The van der Waals surface area contributed by atoms with Crippen molar-refractivity contribution in [2.24, 2.45) is 17.3 Å². The third-order valence-electron chi connectivity index (χ3n) is 4.92. The van der Waals surface area contributed by atoms with Crippen LogP contribution < -0.4 is 0 Å². The molecular formula is C15H17BrF2. The second-order valence-corrected chi connectivity index (χ2v) is 6.55. The smallest absolute Gasteiger partial charge is 0.126 e. The zero-order chi connectivity index (χ0) is 12.8. The van der Waals surface area contributed by atoms with E-state index in [1.54, 1.807) is 0 Å². The highest BCUT2D eigenvalue weighted by molar-refractivity contribution is 9.09. The average Bonchev–Trinajstić information content (AvgIpc) is 2.94. The normalized spacial score (nSPS) is 34.2. The van der Waals surface area contributed by atoms with E-state index in [2.05, 4.69) is 15.9 Å². The van der Waals surface area contributed by atoms with Gasteiger partial charge in [-0.15, -0.1) is 0 Å². The molecule has 0 nitrogen and oxygen atoms in total. The highest BCUT2D eigenvalue weighted by Gasteiger charge is 2.50. The predicted molar refractivity (Wildman–Crippen MR) is 71.7 cm³/mol. The summed E-state index contributed by atoms with van der Waals surface area (Å²) in [6.07, 6.45) is 5.70. The Morgan fingerprint density at radius 2 is 2.11 bits per heavy atom. The van der Waals surface area contributed by atoms with E-state index in [0.29, 0.717) is 17.9 Å². The van der Waals surface area contributed by atoms with Gasteiger partial charge in [-0.2, -0.15) is 0 Å². The molecule has 0 spiro atoms. The lowest BCUT2D eigenvalue weighted by atomic mass is 9.71. The van der Waals surface area contributed by atoms with E-state index < -0.39 is 0 Å². The molecule has 2 aliphatic rings. The standard InChI is InChI=1S/C15H17BrF2/c16-9-15(7-10-1-2-12(15)5-10)8-11-6-13(17)3-4-14(11)18/h3-4,6,10,12H,1-2,5,7-9H2. The van der Waals surface area contributed by atoms with E-state index in [1.165, 1.54) is 43.9 Å². The van der Waals surface area contributed by atoms with Crippen molar-refractivity contribution in [3.8, 4) is 0 Å². The molecular weight excluding hydrogens is 298 g/mol. The van der Waals surface area contributed by atoms with E-state index in [4.69, 9.17) is 0 Å². The van der Waals surface area contributed by atoms with Gasteiger partial charge in [-0.25, -0.2) is 8.78 Å². The van der Waals surface area contributed by atoms with E-state index in [9.17, 15) is 8.78 Å². The van der Waals surface area contributed by atoms with Gasteiger partial charge < -0.3 is 0 Å². The summed E-state index contributed by atoms with van der Waals surface area (Å²) in [5.74, 6) is 0.896. The molecule has 18 heavy (non-hydrogen) atoms. The number of halogens is 3. The minimum absolute atomic E-state index is 0.150. The fourth-order valence-corrected chi connectivity index (χ4v) is 4.93. The summed E-state index contributed by atoms with van der Waals surface area (Å²) >= 11 is 3.62. The van der Waals surface area contributed by atoms with E-state index >= 15 is 0 Å². The van der Waals surface area contributed by atoms with Crippen LogP contribution in [0.4, 0.5) is 8.78 Å². The molecule has 2 bridgehead atoms. The molecule has 0 radical (unpaired) electrons. The fourth-order valence-electron chi connectivity index (χ4n) is 4.04. The van der Waals surface area contributed by atoms with Gasteiger partial charge >= 0.3 is 0 Å². The Morgan fingerprint density at radius 1 is 1.28 bits per heavy atom. The Morgan fingerprint density at radius 3 is 2.72 bits per heavy atom. The summed E-state index contributed by atoms with van der Waals surface area (Å²) in [7, 11) is 0. The van der Waals surface area contributed by atoms with Crippen LogP contribution in [0.1, 0.15) is 31.2 Å². The predicted octanol–water partition coefficient (Wildman–Crippen LogP) is 4.71. The van der Waals surface area contributed by atoms with Gasteiger partial charge in [-0.3, -0.25) is 0 Å². The Hall–Kier alpha value is -0.440. The number of rotatable bonds is 3. The van der Waals surface area contributed by atoms with Crippen LogP contribution in [-0.4, -0.2) is 5.33 Å². The van der Waals surface area contributed by atoms with Crippen LogP contribution in [0.5, 0.6) is 0 Å². The Balaban J connectivity index is 1.88. The lowest BCUT2D eigenvalue weighted by Crippen LogP contribution is -2.32. The first-order chi connectivity index (χ1) is 8.63. The zero-order valence-corrected chi connectivity index (χ0v) is 11.8. The molecule has 0 saturated heterocycles. The second-order valence-electron chi connectivity index (χ2n) is 5.99. The second kappa shape index (κ2) is 4.59. The first kappa shape index (κ1) is 12.6. The van der Waals surface area contributed by atoms with Crippen molar-refractivity contribution in [3.63, 3.8) is 0 Å². The third kappa shape index (κ3) is 2.01. The topological polar surface area (TPSA) is 0 Å². The molecule has 0 aliphatic heterocycles. The van der Waals surface area contributed by atoms with Crippen LogP contribution in [0.2, 0.25) is 0 Å². The highest BCUT2D eigenvalue weighted by Crippen LogP contribution is 2.58. The maximum atomic E-state index is 13.8. The van der Waals surface area contributed by atoms with Gasteiger partial charge in [-0.1, -0.05) is 22.4 Å². The van der Waals surface area contributed by atoms with Crippen LogP contribution in [-0.2, 0) is 6.42 Å². The molecule has 1 aromatic carbocycles. The molecule has 1 aromatic rings. The van der Waals surface area contributed by atoms with Crippen LogP contribution >= 0.6 is 15.9 Å². The maximum absolute atomic E-state index is 13.8. The Labute approximate surface area is 115 Å². The van der Waals surface area contributed by atoms with Crippen LogP contribution in [0.3, 0.4) is 0 Å².